The maximum Gasteiger partial charge on any atom is 0.278 e. The number of anilines is 1. The van der Waals surface area contributed by atoms with Gasteiger partial charge >= 0.3 is 0 Å². The molecule has 0 amide bonds. The van der Waals surface area contributed by atoms with Crippen molar-refractivity contribution < 1.29 is 13.3 Å². The van der Waals surface area contributed by atoms with E-state index in [9.17, 15) is 8.78 Å². The molecule has 162 valence electrons. The maximum atomic E-state index is 14.3. The van der Waals surface area contributed by atoms with Crippen LogP contribution in [0.4, 0.5) is 14.5 Å². The molecule has 1 unspecified atom stereocenters. The second-order valence-electron chi connectivity index (χ2n) is 8.11. The van der Waals surface area contributed by atoms with Crippen LogP contribution >= 0.6 is 11.6 Å². The molecule has 31 heavy (non-hydrogen) atoms. The van der Waals surface area contributed by atoms with Crippen LogP contribution in [0.25, 0.3) is 11.6 Å². The van der Waals surface area contributed by atoms with Crippen molar-refractivity contribution >= 4 is 17.3 Å². The van der Waals surface area contributed by atoms with Gasteiger partial charge in [-0.25, -0.2) is 8.78 Å². The van der Waals surface area contributed by atoms with Crippen LogP contribution in [0.5, 0.6) is 0 Å². The molecule has 1 fully saturated rings. The van der Waals surface area contributed by atoms with E-state index in [0.29, 0.717) is 24.0 Å². The van der Waals surface area contributed by atoms with Crippen molar-refractivity contribution in [3.05, 3.63) is 51.9 Å². The minimum absolute atomic E-state index is 0.123. The van der Waals surface area contributed by atoms with E-state index in [-0.39, 0.29) is 23.0 Å². The third-order valence-corrected chi connectivity index (χ3v) is 6.34. The SMILES string of the molecule is CN1CCC(c2noc(-c3cc4c(nn3)CCCN4Cc3c(F)ccc(F)c3Cl)n2)C1. The molecule has 2 aliphatic heterocycles. The lowest BCUT2D eigenvalue weighted by atomic mass is 10.1. The van der Waals surface area contributed by atoms with Gasteiger partial charge in [-0.2, -0.15) is 10.1 Å². The lowest BCUT2D eigenvalue weighted by molar-refractivity contribution is 0.396. The molecule has 0 bridgehead atoms. The number of likely N-dealkylation sites (tertiary alicyclic amines) is 1. The highest BCUT2D eigenvalue weighted by molar-refractivity contribution is 6.31. The third-order valence-electron chi connectivity index (χ3n) is 5.94. The Labute approximate surface area is 183 Å². The number of benzene rings is 1. The topological polar surface area (TPSA) is 71.2 Å². The molecule has 0 radical (unpaired) electrons. The monoisotopic (exact) mass is 446 g/mol. The second kappa shape index (κ2) is 8.12. The first-order valence-corrected chi connectivity index (χ1v) is 10.6. The van der Waals surface area contributed by atoms with E-state index in [1.807, 2.05) is 11.0 Å². The molecule has 1 atom stereocenters. The molecule has 0 saturated carbocycles. The normalized spacial score (nSPS) is 19.1. The Morgan fingerprint density at radius 2 is 2.03 bits per heavy atom. The van der Waals surface area contributed by atoms with Crippen molar-refractivity contribution in [1.82, 2.24) is 25.2 Å². The number of hydrogen-bond acceptors (Lipinski definition) is 7. The average molecular weight is 447 g/mol. The van der Waals surface area contributed by atoms with E-state index in [1.54, 1.807) is 0 Å². The summed E-state index contributed by atoms with van der Waals surface area (Å²) in [6.07, 6.45) is 2.57. The van der Waals surface area contributed by atoms with Crippen molar-refractivity contribution in [3.63, 3.8) is 0 Å². The Morgan fingerprint density at radius 1 is 1.19 bits per heavy atom. The van der Waals surface area contributed by atoms with Gasteiger partial charge in [-0.15, -0.1) is 5.10 Å². The molecule has 3 aromatic rings. The molecule has 1 aromatic carbocycles. The van der Waals surface area contributed by atoms with E-state index < -0.39 is 11.6 Å². The molecular weight excluding hydrogens is 426 g/mol. The van der Waals surface area contributed by atoms with Gasteiger partial charge in [-0.3, -0.25) is 0 Å². The number of aromatic nitrogens is 4. The van der Waals surface area contributed by atoms with E-state index in [4.69, 9.17) is 16.1 Å². The summed E-state index contributed by atoms with van der Waals surface area (Å²) in [6.45, 7) is 2.68. The van der Waals surface area contributed by atoms with Crippen LogP contribution in [0.2, 0.25) is 5.02 Å². The Hall–Kier alpha value is -2.65. The first kappa shape index (κ1) is 20.3. The summed E-state index contributed by atoms with van der Waals surface area (Å²) < 4.78 is 33.7. The van der Waals surface area contributed by atoms with Gasteiger partial charge in [0.05, 0.1) is 16.4 Å². The predicted molar refractivity (Wildman–Crippen MR) is 111 cm³/mol. The van der Waals surface area contributed by atoms with Crippen molar-refractivity contribution in [2.24, 2.45) is 0 Å². The lowest BCUT2D eigenvalue weighted by Gasteiger charge is -2.30. The van der Waals surface area contributed by atoms with Crippen LogP contribution in [0.1, 0.15) is 35.8 Å². The van der Waals surface area contributed by atoms with Crippen molar-refractivity contribution in [2.75, 3.05) is 31.6 Å². The zero-order valence-electron chi connectivity index (χ0n) is 17.0. The summed E-state index contributed by atoms with van der Waals surface area (Å²) in [7, 11) is 2.07. The van der Waals surface area contributed by atoms with Gasteiger partial charge in [0.25, 0.3) is 5.89 Å². The van der Waals surface area contributed by atoms with Gasteiger partial charge in [0.1, 0.15) is 11.6 Å². The van der Waals surface area contributed by atoms with Crippen molar-refractivity contribution in [2.45, 2.75) is 31.7 Å². The maximum absolute atomic E-state index is 14.3. The number of fused-ring (bicyclic) bond motifs is 1. The number of halogens is 3. The van der Waals surface area contributed by atoms with Gasteiger partial charge in [0.15, 0.2) is 11.5 Å². The largest absolute Gasteiger partial charge is 0.365 e. The molecule has 1 saturated heterocycles. The molecule has 0 aliphatic carbocycles. The van der Waals surface area contributed by atoms with Gasteiger partial charge < -0.3 is 14.3 Å². The van der Waals surface area contributed by atoms with Crippen LogP contribution in [0.15, 0.2) is 22.7 Å². The minimum Gasteiger partial charge on any atom is -0.365 e. The Kier molecular flexibility index (Phi) is 5.31. The summed E-state index contributed by atoms with van der Waals surface area (Å²) in [6, 6.07) is 3.95. The molecule has 5 rings (SSSR count). The van der Waals surface area contributed by atoms with Gasteiger partial charge in [-0.05, 0) is 51.1 Å². The smallest absolute Gasteiger partial charge is 0.278 e. The number of rotatable bonds is 4. The molecule has 2 aromatic heterocycles. The van der Waals surface area contributed by atoms with E-state index in [1.165, 1.54) is 0 Å². The quantitative estimate of drug-likeness (QED) is 0.564. The molecule has 10 heteroatoms. The molecule has 0 N–H and O–H groups in total. The lowest BCUT2D eigenvalue weighted by Crippen LogP contribution is -2.30. The summed E-state index contributed by atoms with van der Waals surface area (Å²) >= 11 is 6.04. The minimum atomic E-state index is -0.639. The van der Waals surface area contributed by atoms with Gasteiger partial charge in [0.2, 0.25) is 0 Å². The van der Waals surface area contributed by atoms with Crippen LogP contribution in [-0.2, 0) is 13.0 Å². The van der Waals surface area contributed by atoms with Gasteiger partial charge in [-0.1, -0.05) is 16.8 Å². The van der Waals surface area contributed by atoms with E-state index in [0.717, 1.165) is 55.9 Å². The number of hydrogen-bond donors (Lipinski definition) is 0. The summed E-state index contributed by atoms with van der Waals surface area (Å²) in [5, 5.41) is 12.5. The fourth-order valence-corrected chi connectivity index (χ4v) is 4.45. The Bertz CT molecular complexity index is 1120. The molecule has 4 heterocycles. The standard InChI is InChI=1S/C21H21ClF2N6O/c1-29-8-6-12(10-29)20-25-21(31-28-20)17-9-18-16(26-27-17)3-2-7-30(18)11-13-14(23)4-5-15(24)19(13)22/h4-5,9,12H,2-3,6-8,10-11H2,1H3. The van der Waals surface area contributed by atoms with Crippen LogP contribution < -0.4 is 4.90 Å². The zero-order chi connectivity index (χ0) is 21.5. The third kappa shape index (κ3) is 3.87. The van der Waals surface area contributed by atoms with Crippen LogP contribution in [-0.4, -0.2) is 51.9 Å². The Balaban J connectivity index is 1.44. The Morgan fingerprint density at radius 3 is 2.84 bits per heavy atom. The fraction of sp³-hybridized carbons (Fsp3) is 0.429. The first-order valence-electron chi connectivity index (χ1n) is 10.3. The van der Waals surface area contributed by atoms with Crippen LogP contribution in [0, 0.1) is 11.6 Å². The number of nitrogens with zero attached hydrogens (tertiary/aromatic N) is 6. The summed E-state index contributed by atoms with van der Waals surface area (Å²) in [5.41, 5.74) is 2.16. The number of likely N-dealkylation sites (N-methyl/N-ethyl adjacent to an activating group) is 1. The molecule has 7 nitrogen and oxygen atoms in total. The zero-order valence-corrected chi connectivity index (χ0v) is 17.7. The molecular formula is C21H21ClF2N6O. The van der Waals surface area contributed by atoms with Crippen LogP contribution in [0.3, 0.4) is 0 Å². The predicted octanol–water partition coefficient (Wildman–Crippen LogP) is 3.83. The highest BCUT2D eigenvalue weighted by Crippen LogP contribution is 2.33. The molecule has 0 spiro atoms. The average Bonchev–Trinajstić information content (AvgIpc) is 3.43. The van der Waals surface area contributed by atoms with Crippen molar-refractivity contribution in [1.29, 1.82) is 0 Å². The van der Waals surface area contributed by atoms with Crippen molar-refractivity contribution in [3.8, 4) is 11.6 Å². The first-order chi connectivity index (χ1) is 15.0. The summed E-state index contributed by atoms with van der Waals surface area (Å²) in [5.74, 6) is 0.0380. The van der Waals surface area contributed by atoms with E-state index >= 15 is 0 Å². The fourth-order valence-electron chi connectivity index (χ4n) is 4.24. The second-order valence-corrected chi connectivity index (χ2v) is 8.49. The highest BCUT2D eigenvalue weighted by atomic mass is 35.5. The van der Waals surface area contributed by atoms with Gasteiger partial charge in [0, 0.05) is 31.1 Å². The number of aryl methyl sites for hydroxylation is 1. The summed E-state index contributed by atoms with van der Waals surface area (Å²) in [4.78, 5) is 8.70. The molecule has 2 aliphatic rings. The highest BCUT2D eigenvalue weighted by Gasteiger charge is 2.27. The van der Waals surface area contributed by atoms with E-state index in [2.05, 4.69) is 32.3 Å².